The van der Waals surface area contributed by atoms with Gasteiger partial charge < -0.3 is 4.74 Å². The molecule has 0 radical (unpaired) electrons. The van der Waals surface area contributed by atoms with Crippen LogP contribution in [-0.4, -0.2) is 14.8 Å². The zero-order valence-electron chi connectivity index (χ0n) is 9.66. The minimum Gasteiger partial charge on any atom is -0.436 e. The topological polar surface area (TPSA) is 63.7 Å². The molecule has 0 saturated heterocycles. The lowest BCUT2D eigenvalue weighted by Crippen LogP contribution is -1.99. The fraction of sp³-hybridized carbons (Fsp3) is 0.250. The minimum atomic E-state index is 0.283. The Morgan fingerprint density at radius 3 is 2.94 bits per heavy atom. The normalized spacial score (nSPS) is 10.2. The van der Waals surface area contributed by atoms with Crippen molar-refractivity contribution in [2.45, 2.75) is 19.9 Å². The molecule has 5 nitrogen and oxygen atoms in total. The summed E-state index contributed by atoms with van der Waals surface area (Å²) in [4.78, 5) is 4.03. The van der Waals surface area contributed by atoms with Gasteiger partial charge in [-0.2, -0.15) is 10.4 Å². The summed E-state index contributed by atoms with van der Waals surface area (Å²) in [5.41, 5.74) is 0.520. The highest BCUT2D eigenvalue weighted by atomic mass is 16.5. The smallest absolute Gasteiger partial charge is 0.220 e. The van der Waals surface area contributed by atoms with Crippen molar-refractivity contribution in [3.8, 4) is 17.7 Å². The van der Waals surface area contributed by atoms with Crippen LogP contribution in [-0.2, 0) is 0 Å². The Labute approximate surface area is 99.3 Å². The summed E-state index contributed by atoms with van der Waals surface area (Å²) < 4.78 is 7.30. The molecule has 0 aromatic carbocycles. The first-order valence-corrected chi connectivity index (χ1v) is 5.27. The third kappa shape index (κ3) is 2.61. The van der Waals surface area contributed by atoms with Crippen molar-refractivity contribution in [2.75, 3.05) is 0 Å². The number of pyridine rings is 1. The molecule has 0 spiro atoms. The number of hydrogen-bond donors (Lipinski definition) is 0. The lowest BCUT2D eigenvalue weighted by Gasteiger charge is -2.03. The number of ether oxygens (including phenoxy) is 1. The van der Waals surface area contributed by atoms with Crippen LogP contribution < -0.4 is 4.74 Å². The van der Waals surface area contributed by atoms with E-state index >= 15 is 0 Å². The van der Waals surface area contributed by atoms with Gasteiger partial charge in [0.25, 0.3) is 0 Å². The molecule has 0 atom stereocenters. The quantitative estimate of drug-likeness (QED) is 0.809. The summed E-state index contributed by atoms with van der Waals surface area (Å²) in [6, 6.07) is 5.54. The second-order valence-corrected chi connectivity index (χ2v) is 3.85. The molecule has 5 heteroatoms. The van der Waals surface area contributed by atoms with Crippen molar-refractivity contribution in [1.82, 2.24) is 14.8 Å². The fourth-order valence-electron chi connectivity index (χ4n) is 1.31. The molecule has 0 amide bonds. The van der Waals surface area contributed by atoms with Crippen LogP contribution in [0.2, 0.25) is 0 Å². The number of hydrogen-bond acceptors (Lipinski definition) is 4. The van der Waals surface area contributed by atoms with Crippen molar-refractivity contribution in [1.29, 1.82) is 5.26 Å². The average Bonchev–Trinajstić information content (AvgIpc) is 2.78. The molecule has 2 heterocycles. The molecule has 0 bridgehead atoms. The number of nitriles is 1. The maximum Gasteiger partial charge on any atom is 0.220 e. The van der Waals surface area contributed by atoms with E-state index in [-0.39, 0.29) is 6.04 Å². The van der Waals surface area contributed by atoms with Crippen molar-refractivity contribution in [2.24, 2.45) is 0 Å². The molecule has 0 N–H and O–H groups in total. The zero-order chi connectivity index (χ0) is 12.3. The second-order valence-electron chi connectivity index (χ2n) is 3.85. The SMILES string of the molecule is CC(C)n1cc(Oc2cc(C#N)ccn2)cn1. The molecule has 0 fully saturated rings. The van der Waals surface area contributed by atoms with E-state index in [1.54, 1.807) is 35.4 Å². The van der Waals surface area contributed by atoms with Gasteiger partial charge in [-0.3, -0.25) is 4.68 Å². The predicted octanol–water partition coefficient (Wildman–Crippen LogP) is 2.52. The highest BCUT2D eigenvalue weighted by Crippen LogP contribution is 2.20. The van der Waals surface area contributed by atoms with Gasteiger partial charge in [-0.25, -0.2) is 4.98 Å². The van der Waals surface area contributed by atoms with E-state index in [4.69, 9.17) is 10.00 Å². The maximum atomic E-state index is 8.76. The Morgan fingerprint density at radius 2 is 2.29 bits per heavy atom. The molecule has 0 unspecified atom stereocenters. The molecule has 17 heavy (non-hydrogen) atoms. The molecule has 2 aromatic rings. The van der Waals surface area contributed by atoms with Gasteiger partial charge in [0.1, 0.15) is 0 Å². The maximum absolute atomic E-state index is 8.76. The van der Waals surface area contributed by atoms with Crippen LogP contribution in [0.25, 0.3) is 0 Å². The van der Waals surface area contributed by atoms with E-state index in [2.05, 4.69) is 10.1 Å². The van der Waals surface area contributed by atoms with Crippen molar-refractivity contribution >= 4 is 0 Å². The van der Waals surface area contributed by atoms with E-state index in [1.165, 1.54) is 0 Å². The van der Waals surface area contributed by atoms with Crippen LogP contribution in [0.3, 0.4) is 0 Å². The fourth-order valence-corrected chi connectivity index (χ4v) is 1.31. The highest BCUT2D eigenvalue weighted by molar-refractivity contribution is 5.33. The summed E-state index contributed by atoms with van der Waals surface area (Å²) in [6.45, 7) is 4.07. The monoisotopic (exact) mass is 228 g/mol. The Morgan fingerprint density at radius 1 is 1.47 bits per heavy atom. The molecule has 0 aliphatic rings. The van der Waals surface area contributed by atoms with E-state index in [0.717, 1.165) is 0 Å². The van der Waals surface area contributed by atoms with Gasteiger partial charge in [-0.1, -0.05) is 0 Å². The highest BCUT2D eigenvalue weighted by Gasteiger charge is 2.05. The molecular formula is C12H12N4O. The van der Waals surface area contributed by atoms with E-state index in [9.17, 15) is 0 Å². The van der Waals surface area contributed by atoms with E-state index < -0.39 is 0 Å². The van der Waals surface area contributed by atoms with Crippen LogP contribution in [0, 0.1) is 11.3 Å². The first-order chi connectivity index (χ1) is 8.19. The van der Waals surface area contributed by atoms with Gasteiger partial charge in [-0.15, -0.1) is 0 Å². The van der Waals surface area contributed by atoms with Gasteiger partial charge in [0, 0.05) is 18.3 Å². The Kier molecular flexibility index (Phi) is 3.06. The summed E-state index contributed by atoms with van der Waals surface area (Å²) in [5, 5.41) is 12.9. The van der Waals surface area contributed by atoms with Gasteiger partial charge in [0.05, 0.1) is 24.0 Å². The van der Waals surface area contributed by atoms with Crippen LogP contribution in [0.5, 0.6) is 11.6 Å². The third-order valence-electron chi connectivity index (χ3n) is 2.19. The number of rotatable bonds is 3. The lowest BCUT2D eigenvalue weighted by molar-refractivity contribution is 0.459. The first kappa shape index (κ1) is 11.1. The van der Waals surface area contributed by atoms with E-state index in [1.807, 2.05) is 19.9 Å². The summed E-state index contributed by atoms with van der Waals surface area (Å²) in [6.07, 6.45) is 4.97. The van der Waals surface area contributed by atoms with E-state index in [0.29, 0.717) is 17.2 Å². The zero-order valence-corrected chi connectivity index (χ0v) is 9.66. The average molecular weight is 228 g/mol. The van der Waals surface area contributed by atoms with Crippen LogP contribution in [0.4, 0.5) is 0 Å². The third-order valence-corrected chi connectivity index (χ3v) is 2.19. The Balaban J connectivity index is 2.17. The molecule has 0 aliphatic carbocycles. The molecular weight excluding hydrogens is 216 g/mol. The first-order valence-electron chi connectivity index (χ1n) is 5.27. The van der Waals surface area contributed by atoms with Crippen LogP contribution in [0.15, 0.2) is 30.7 Å². The van der Waals surface area contributed by atoms with Gasteiger partial charge in [0.2, 0.25) is 5.88 Å². The second kappa shape index (κ2) is 4.66. The van der Waals surface area contributed by atoms with Crippen LogP contribution >= 0.6 is 0 Å². The standard InChI is InChI=1S/C12H12N4O/c1-9(2)16-8-11(7-15-16)17-12-5-10(6-13)3-4-14-12/h3-5,7-9H,1-2H3. The molecule has 0 saturated carbocycles. The molecule has 2 aromatic heterocycles. The van der Waals surface area contributed by atoms with Gasteiger partial charge >= 0.3 is 0 Å². The molecule has 86 valence electrons. The summed E-state index contributed by atoms with van der Waals surface area (Å²) in [5.74, 6) is 1.01. The molecule has 0 aliphatic heterocycles. The predicted molar refractivity (Wildman–Crippen MR) is 61.6 cm³/mol. The largest absolute Gasteiger partial charge is 0.436 e. The Hall–Kier alpha value is -2.35. The number of nitrogens with zero attached hydrogens (tertiary/aromatic N) is 4. The molecule has 2 rings (SSSR count). The Bertz CT molecular complexity index is 554. The minimum absolute atomic E-state index is 0.283. The van der Waals surface area contributed by atoms with Crippen molar-refractivity contribution < 1.29 is 4.74 Å². The van der Waals surface area contributed by atoms with Crippen molar-refractivity contribution in [3.05, 3.63) is 36.3 Å². The van der Waals surface area contributed by atoms with Gasteiger partial charge in [0.15, 0.2) is 5.75 Å². The number of aromatic nitrogens is 3. The van der Waals surface area contributed by atoms with Crippen LogP contribution in [0.1, 0.15) is 25.5 Å². The van der Waals surface area contributed by atoms with Gasteiger partial charge in [-0.05, 0) is 19.9 Å². The van der Waals surface area contributed by atoms with Crippen molar-refractivity contribution in [3.63, 3.8) is 0 Å². The summed E-state index contributed by atoms with van der Waals surface area (Å²) >= 11 is 0. The summed E-state index contributed by atoms with van der Waals surface area (Å²) in [7, 11) is 0. The lowest BCUT2D eigenvalue weighted by atomic mass is 10.3.